The maximum Gasteiger partial charge on any atom is 0.124 e. The van der Waals surface area contributed by atoms with Crippen molar-refractivity contribution < 1.29 is 5.11 Å². The fourth-order valence-corrected chi connectivity index (χ4v) is 2.95. The predicted molar refractivity (Wildman–Crippen MR) is 85.5 cm³/mol. The standard InChI is InChI=1S/C17H24N4O/c1-14(2)21-12-16(18-19-21)17(22)9-11-20(13-17)10-8-15-6-4-3-5-7-15/h3-7,12,14,22H,8-11,13H2,1-2H3. The minimum atomic E-state index is -0.857. The quantitative estimate of drug-likeness (QED) is 0.917. The monoisotopic (exact) mass is 300 g/mol. The summed E-state index contributed by atoms with van der Waals surface area (Å²) in [5, 5.41) is 19.2. The van der Waals surface area contributed by atoms with Gasteiger partial charge in [-0.3, -0.25) is 4.90 Å². The average Bonchev–Trinajstić information content (AvgIpc) is 3.14. The lowest BCUT2D eigenvalue weighted by Crippen LogP contribution is -2.32. The van der Waals surface area contributed by atoms with E-state index >= 15 is 0 Å². The van der Waals surface area contributed by atoms with Gasteiger partial charge in [0.15, 0.2) is 0 Å². The summed E-state index contributed by atoms with van der Waals surface area (Å²) < 4.78 is 1.81. The molecule has 5 heteroatoms. The number of aromatic nitrogens is 3. The number of aliphatic hydroxyl groups is 1. The van der Waals surface area contributed by atoms with Crippen molar-refractivity contribution in [1.29, 1.82) is 0 Å². The van der Waals surface area contributed by atoms with E-state index in [1.54, 1.807) is 4.68 Å². The minimum absolute atomic E-state index is 0.264. The van der Waals surface area contributed by atoms with Crippen LogP contribution in [0, 0.1) is 0 Å². The Bertz CT molecular complexity index is 610. The van der Waals surface area contributed by atoms with Crippen molar-refractivity contribution in [1.82, 2.24) is 19.9 Å². The Morgan fingerprint density at radius 1 is 1.27 bits per heavy atom. The maximum atomic E-state index is 10.9. The fourth-order valence-electron chi connectivity index (χ4n) is 2.95. The molecular formula is C17H24N4O. The number of likely N-dealkylation sites (tertiary alicyclic amines) is 1. The molecule has 1 atom stereocenters. The molecule has 3 rings (SSSR count). The molecule has 1 aromatic heterocycles. The number of hydrogen-bond acceptors (Lipinski definition) is 4. The van der Waals surface area contributed by atoms with E-state index in [9.17, 15) is 5.11 Å². The number of hydrogen-bond donors (Lipinski definition) is 1. The lowest BCUT2D eigenvalue weighted by Gasteiger charge is -2.21. The van der Waals surface area contributed by atoms with Crippen molar-refractivity contribution in [2.45, 2.75) is 38.3 Å². The second-order valence-electron chi connectivity index (χ2n) is 6.47. The van der Waals surface area contributed by atoms with Gasteiger partial charge in [0.05, 0.1) is 6.20 Å². The topological polar surface area (TPSA) is 54.2 Å². The summed E-state index contributed by atoms with van der Waals surface area (Å²) in [4.78, 5) is 2.31. The molecule has 2 heterocycles. The molecular weight excluding hydrogens is 276 g/mol. The minimum Gasteiger partial charge on any atom is -0.382 e. The number of nitrogens with zero attached hydrogens (tertiary/aromatic N) is 4. The van der Waals surface area contributed by atoms with E-state index in [1.165, 1.54) is 5.56 Å². The van der Waals surface area contributed by atoms with Gasteiger partial charge in [0.25, 0.3) is 0 Å². The molecule has 1 aromatic carbocycles. The van der Waals surface area contributed by atoms with Crippen molar-refractivity contribution >= 4 is 0 Å². The van der Waals surface area contributed by atoms with Gasteiger partial charge in [-0.15, -0.1) is 5.10 Å². The van der Waals surface area contributed by atoms with Crippen LogP contribution in [0.15, 0.2) is 36.5 Å². The van der Waals surface area contributed by atoms with Crippen molar-refractivity contribution in [3.8, 4) is 0 Å². The van der Waals surface area contributed by atoms with Crippen LogP contribution in [0.5, 0.6) is 0 Å². The molecule has 1 saturated heterocycles. The Balaban J connectivity index is 1.60. The molecule has 0 amide bonds. The van der Waals surface area contributed by atoms with E-state index < -0.39 is 5.60 Å². The first kappa shape index (κ1) is 15.2. The van der Waals surface area contributed by atoms with Gasteiger partial charge in [-0.1, -0.05) is 35.5 Å². The van der Waals surface area contributed by atoms with Crippen molar-refractivity contribution in [2.75, 3.05) is 19.6 Å². The van der Waals surface area contributed by atoms with Gasteiger partial charge in [0.2, 0.25) is 0 Å². The third kappa shape index (κ3) is 3.20. The number of benzene rings is 1. The second kappa shape index (κ2) is 6.18. The normalized spacial score (nSPS) is 22.5. The lowest BCUT2D eigenvalue weighted by atomic mass is 10.00. The molecule has 5 nitrogen and oxygen atoms in total. The number of rotatable bonds is 5. The Kier molecular flexibility index (Phi) is 4.27. The van der Waals surface area contributed by atoms with Gasteiger partial charge in [-0.05, 0) is 32.3 Å². The van der Waals surface area contributed by atoms with Crippen LogP contribution in [0.1, 0.15) is 37.6 Å². The first-order valence-electron chi connectivity index (χ1n) is 7.98. The van der Waals surface area contributed by atoms with E-state index in [0.29, 0.717) is 12.2 Å². The number of β-amino-alcohol motifs (C(OH)–C–C–N with tert-alkyl or cyclic N) is 1. The summed E-state index contributed by atoms with van der Waals surface area (Å²) in [7, 11) is 0. The molecule has 0 radical (unpaired) electrons. The third-order valence-corrected chi connectivity index (χ3v) is 4.40. The molecule has 0 aliphatic carbocycles. The van der Waals surface area contributed by atoms with Crippen LogP contribution < -0.4 is 0 Å². The smallest absolute Gasteiger partial charge is 0.124 e. The maximum absolute atomic E-state index is 10.9. The van der Waals surface area contributed by atoms with Crippen molar-refractivity contribution in [2.24, 2.45) is 0 Å². The van der Waals surface area contributed by atoms with Gasteiger partial charge in [-0.25, -0.2) is 4.68 Å². The van der Waals surface area contributed by atoms with Gasteiger partial charge in [0, 0.05) is 25.7 Å². The zero-order valence-corrected chi connectivity index (χ0v) is 13.3. The summed E-state index contributed by atoms with van der Waals surface area (Å²) in [5.41, 5.74) is 1.18. The summed E-state index contributed by atoms with van der Waals surface area (Å²) in [6, 6.07) is 10.7. The highest BCUT2D eigenvalue weighted by molar-refractivity contribution is 5.16. The second-order valence-corrected chi connectivity index (χ2v) is 6.47. The lowest BCUT2D eigenvalue weighted by molar-refractivity contribution is 0.0418. The highest BCUT2D eigenvalue weighted by atomic mass is 16.3. The van der Waals surface area contributed by atoms with E-state index in [4.69, 9.17) is 0 Å². The fraction of sp³-hybridized carbons (Fsp3) is 0.529. The molecule has 22 heavy (non-hydrogen) atoms. The van der Waals surface area contributed by atoms with Gasteiger partial charge >= 0.3 is 0 Å². The average molecular weight is 300 g/mol. The van der Waals surface area contributed by atoms with E-state index in [-0.39, 0.29) is 6.04 Å². The molecule has 0 spiro atoms. The molecule has 2 aromatic rings. The highest BCUT2D eigenvalue weighted by Crippen LogP contribution is 2.30. The summed E-state index contributed by atoms with van der Waals surface area (Å²) >= 11 is 0. The summed E-state index contributed by atoms with van der Waals surface area (Å²) in [5.74, 6) is 0. The molecule has 0 saturated carbocycles. The van der Waals surface area contributed by atoms with Crippen LogP contribution in [-0.2, 0) is 12.0 Å². The highest BCUT2D eigenvalue weighted by Gasteiger charge is 2.39. The van der Waals surface area contributed by atoms with Crippen LogP contribution in [-0.4, -0.2) is 44.6 Å². The first-order chi connectivity index (χ1) is 10.6. The Labute approximate surface area is 131 Å². The molecule has 0 bridgehead atoms. The van der Waals surface area contributed by atoms with Gasteiger partial charge in [-0.2, -0.15) is 0 Å². The molecule has 1 fully saturated rings. The van der Waals surface area contributed by atoms with Crippen LogP contribution in [0.3, 0.4) is 0 Å². The molecule has 1 unspecified atom stereocenters. The summed E-state index contributed by atoms with van der Waals surface area (Å²) in [6.45, 7) is 6.62. The molecule has 1 N–H and O–H groups in total. The summed E-state index contributed by atoms with van der Waals surface area (Å²) in [6.07, 6.45) is 3.61. The molecule has 1 aliphatic rings. The van der Waals surface area contributed by atoms with Crippen molar-refractivity contribution in [3.63, 3.8) is 0 Å². The Morgan fingerprint density at radius 3 is 2.73 bits per heavy atom. The Hall–Kier alpha value is -1.72. The Morgan fingerprint density at radius 2 is 2.05 bits per heavy atom. The van der Waals surface area contributed by atoms with Crippen LogP contribution in [0.25, 0.3) is 0 Å². The zero-order chi connectivity index (χ0) is 15.6. The van der Waals surface area contributed by atoms with Gasteiger partial charge < -0.3 is 5.11 Å². The van der Waals surface area contributed by atoms with Crippen LogP contribution in [0.4, 0.5) is 0 Å². The van der Waals surface area contributed by atoms with E-state index in [0.717, 1.165) is 25.9 Å². The largest absolute Gasteiger partial charge is 0.382 e. The SMILES string of the molecule is CC(C)n1cc(C2(O)CCN(CCc3ccccc3)C2)nn1. The third-order valence-electron chi connectivity index (χ3n) is 4.40. The molecule has 1 aliphatic heterocycles. The van der Waals surface area contributed by atoms with Crippen LogP contribution >= 0.6 is 0 Å². The predicted octanol–water partition coefficient (Wildman–Crippen LogP) is 1.99. The molecule has 118 valence electrons. The first-order valence-corrected chi connectivity index (χ1v) is 7.98. The van der Waals surface area contributed by atoms with Gasteiger partial charge in [0.1, 0.15) is 11.3 Å². The zero-order valence-electron chi connectivity index (χ0n) is 13.3. The van der Waals surface area contributed by atoms with E-state index in [2.05, 4.69) is 53.3 Å². The van der Waals surface area contributed by atoms with Crippen LogP contribution in [0.2, 0.25) is 0 Å². The van der Waals surface area contributed by atoms with Crippen molar-refractivity contribution in [3.05, 3.63) is 47.8 Å². The van der Waals surface area contributed by atoms with E-state index in [1.807, 2.05) is 12.3 Å².